The van der Waals surface area contributed by atoms with Crippen LogP contribution in [0.15, 0.2) is 72.9 Å². The summed E-state index contributed by atoms with van der Waals surface area (Å²) >= 11 is 0. The molecule has 0 saturated heterocycles. The fourth-order valence-corrected chi connectivity index (χ4v) is 3.86. The average molecular weight is 485 g/mol. The van der Waals surface area contributed by atoms with Crippen molar-refractivity contribution in [2.75, 3.05) is 11.9 Å². The van der Waals surface area contributed by atoms with E-state index in [1.165, 1.54) is 17.0 Å². The van der Waals surface area contributed by atoms with Crippen molar-refractivity contribution < 1.29 is 22.8 Å². The summed E-state index contributed by atoms with van der Waals surface area (Å²) < 4.78 is 41.1. The molecule has 0 radical (unpaired) electrons. The van der Waals surface area contributed by atoms with Crippen molar-refractivity contribution in [3.05, 3.63) is 89.7 Å². The Labute approximate surface area is 201 Å². The first kappa shape index (κ1) is 24.4. The predicted octanol–water partition coefficient (Wildman–Crippen LogP) is 5.27. The first-order chi connectivity index (χ1) is 16.7. The molecule has 1 fully saturated rings. The van der Waals surface area contributed by atoms with Gasteiger partial charge < -0.3 is 19.7 Å². The van der Waals surface area contributed by atoms with E-state index in [1.54, 1.807) is 4.90 Å². The molecular weight excluding hydrogens is 457 g/mol. The molecule has 3 aromatic rings. The number of halogens is 3. The molecule has 1 saturated carbocycles. The van der Waals surface area contributed by atoms with Crippen molar-refractivity contribution in [3.8, 4) is 0 Å². The van der Waals surface area contributed by atoms with Crippen molar-refractivity contribution in [1.82, 2.24) is 14.4 Å². The van der Waals surface area contributed by atoms with E-state index in [1.807, 2.05) is 60.3 Å². The number of rotatable bonds is 8. The second-order valence-corrected chi connectivity index (χ2v) is 8.71. The summed E-state index contributed by atoms with van der Waals surface area (Å²) in [5, 5.41) is 2.54. The monoisotopic (exact) mass is 484 g/mol. The standard InChI is InChI=1S/C26H27F3N4O2/c1-31-14-6-11-23(31)17-32(16-19-7-3-2-4-8-19)24(34)18-33(22-12-13-22)25(35)30-21-10-5-9-20(15-21)26(27,28)29/h2-11,14-15,22H,12-13,16-18H2,1H3,(H,30,35). The lowest BCUT2D eigenvalue weighted by Crippen LogP contribution is -2.45. The van der Waals surface area contributed by atoms with Gasteiger partial charge in [-0.15, -0.1) is 0 Å². The number of urea groups is 1. The van der Waals surface area contributed by atoms with Gasteiger partial charge in [-0.3, -0.25) is 4.79 Å². The van der Waals surface area contributed by atoms with E-state index >= 15 is 0 Å². The highest BCUT2D eigenvalue weighted by Crippen LogP contribution is 2.31. The summed E-state index contributed by atoms with van der Waals surface area (Å²) in [5.74, 6) is -0.235. The molecule has 184 valence electrons. The molecule has 6 nitrogen and oxygen atoms in total. The van der Waals surface area contributed by atoms with Crippen LogP contribution in [0.25, 0.3) is 0 Å². The van der Waals surface area contributed by atoms with Crippen LogP contribution >= 0.6 is 0 Å². The fourth-order valence-electron chi connectivity index (χ4n) is 3.86. The second-order valence-electron chi connectivity index (χ2n) is 8.71. The Bertz CT molecular complexity index is 1170. The number of carbonyl (C=O) groups excluding carboxylic acids is 2. The Balaban J connectivity index is 1.49. The van der Waals surface area contributed by atoms with Crippen LogP contribution in [0.1, 0.15) is 29.7 Å². The van der Waals surface area contributed by atoms with Crippen LogP contribution in [0.3, 0.4) is 0 Å². The summed E-state index contributed by atoms with van der Waals surface area (Å²) in [4.78, 5) is 29.5. The van der Waals surface area contributed by atoms with Crippen molar-refractivity contribution in [2.24, 2.45) is 7.05 Å². The molecule has 0 spiro atoms. The third kappa shape index (κ3) is 6.44. The molecule has 1 heterocycles. The maximum absolute atomic E-state index is 13.4. The lowest BCUT2D eigenvalue weighted by molar-refractivity contribution is -0.137. The molecule has 2 aromatic carbocycles. The minimum atomic E-state index is -4.51. The summed E-state index contributed by atoms with van der Waals surface area (Å²) in [6, 6.07) is 17.2. The third-order valence-corrected chi connectivity index (χ3v) is 5.97. The zero-order valence-electron chi connectivity index (χ0n) is 19.3. The van der Waals surface area contributed by atoms with Crippen LogP contribution in [0.2, 0.25) is 0 Å². The van der Waals surface area contributed by atoms with Gasteiger partial charge in [0, 0.05) is 37.2 Å². The molecule has 0 bridgehead atoms. The number of nitrogens with one attached hydrogen (secondary N) is 1. The van der Waals surface area contributed by atoms with Gasteiger partial charge in [-0.25, -0.2) is 4.79 Å². The van der Waals surface area contributed by atoms with E-state index < -0.39 is 17.8 Å². The van der Waals surface area contributed by atoms with Crippen molar-refractivity contribution >= 4 is 17.6 Å². The van der Waals surface area contributed by atoms with E-state index in [0.717, 1.165) is 36.2 Å². The summed E-state index contributed by atoms with van der Waals surface area (Å²) in [5.41, 5.74) is 1.09. The summed E-state index contributed by atoms with van der Waals surface area (Å²) in [7, 11) is 1.90. The highest BCUT2D eigenvalue weighted by Gasteiger charge is 2.35. The van der Waals surface area contributed by atoms with E-state index in [4.69, 9.17) is 0 Å². The molecule has 1 N–H and O–H groups in total. The second kappa shape index (κ2) is 10.2. The molecular formula is C26H27F3N4O2. The number of aromatic nitrogens is 1. The number of benzene rings is 2. The first-order valence-corrected chi connectivity index (χ1v) is 11.4. The topological polar surface area (TPSA) is 57.6 Å². The number of aryl methyl sites for hydroxylation is 1. The van der Waals surface area contributed by atoms with Gasteiger partial charge in [0.1, 0.15) is 6.54 Å². The number of anilines is 1. The Morgan fingerprint density at radius 2 is 1.74 bits per heavy atom. The van der Waals surface area contributed by atoms with Gasteiger partial charge >= 0.3 is 12.2 Å². The number of hydrogen-bond acceptors (Lipinski definition) is 2. The maximum atomic E-state index is 13.4. The van der Waals surface area contributed by atoms with E-state index in [9.17, 15) is 22.8 Å². The normalized spacial score (nSPS) is 13.4. The predicted molar refractivity (Wildman–Crippen MR) is 126 cm³/mol. The molecule has 3 amide bonds. The summed E-state index contributed by atoms with van der Waals surface area (Å²) in [6.07, 6.45) is -1.11. The van der Waals surface area contributed by atoms with E-state index in [-0.39, 0.29) is 24.2 Å². The van der Waals surface area contributed by atoms with Gasteiger partial charge in [-0.2, -0.15) is 13.2 Å². The summed E-state index contributed by atoms with van der Waals surface area (Å²) in [6.45, 7) is 0.580. The van der Waals surface area contributed by atoms with Gasteiger partial charge in [-0.05, 0) is 48.7 Å². The van der Waals surface area contributed by atoms with Crippen LogP contribution < -0.4 is 5.32 Å². The molecule has 1 aliphatic carbocycles. The molecule has 0 atom stereocenters. The third-order valence-electron chi connectivity index (χ3n) is 5.97. The average Bonchev–Trinajstić information content (AvgIpc) is 3.59. The zero-order chi connectivity index (χ0) is 25.0. The Morgan fingerprint density at radius 1 is 1.00 bits per heavy atom. The van der Waals surface area contributed by atoms with Gasteiger partial charge in [0.05, 0.1) is 12.1 Å². The van der Waals surface area contributed by atoms with Crippen LogP contribution in [0, 0.1) is 0 Å². The molecule has 9 heteroatoms. The van der Waals surface area contributed by atoms with E-state index in [0.29, 0.717) is 13.1 Å². The number of alkyl halides is 3. The number of amides is 3. The van der Waals surface area contributed by atoms with Gasteiger partial charge in [0.2, 0.25) is 5.91 Å². The Hall–Kier alpha value is -3.75. The lowest BCUT2D eigenvalue weighted by atomic mass is 10.2. The van der Waals surface area contributed by atoms with Gasteiger partial charge in [-0.1, -0.05) is 36.4 Å². The van der Waals surface area contributed by atoms with Crippen molar-refractivity contribution in [1.29, 1.82) is 0 Å². The van der Waals surface area contributed by atoms with Crippen molar-refractivity contribution in [3.63, 3.8) is 0 Å². The largest absolute Gasteiger partial charge is 0.416 e. The number of nitrogens with zero attached hydrogens (tertiary/aromatic N) is 3. The van der Waals surface area contributed by atoms with Crippen LogP contribution in [-0.4, -0.2) is 38.9 Å². The SMILES string of the molecule is Cn1cccc1CN(Cc1ccccc1)C(=O)CN(C(=O)Nc1cccc(C(F)(F)F)c1)C1CC1. The minimum absolute atomic E-state index is 0.0351. The zero-order valence-corrected chi connectivity index (χ0v) is 19.3. The van der Waals surface area contributed by atoms with Crippen LogP contribution in [-0.2, 0) is 31.1 Å². The lowest BCUT2D eigenvalue weighted by Gasteiger charge is -2.28. The molecule has 1 aromatic heterocycles. The molecule has 0 aliphatic heterocycles. The fraction of sp³-hybridized carbons (Fsp3) is 0.308. The van der Waals surface area contributed by atoms with Crippen LogP contribution in [0.5, 0.6) is 0 Å². The van der Waals surface area contributed by atoms with Crippen molar-refractivity contribution in [2.45, 2.75) is 38.1 Å². The smallest absolute Gasteiger partial charge is 0.353 e. The van der Waals surface area contributed by atoms with Gasteiger partial charge in [0.15, 0.2) is 0 Å². The molecule has 35 heavy (non-hydrogen) atoms. The minimum Gasteiger partial charge on any atom is -0.353 e. The Kier molecular flexibility index (Phi) is 7.14. The molecule has 1 aliphatic rings. The highest BCUT2D eigenvalue weighted by atomic mass is 19.4. The number of hydrogen-bond donors (Lipinski definition) is 1. The quantitative estimate of drug-likeness (QED) is 0.474. The van der Waals surface area contributed by atoms with Gasteiger partial charge in [0.25, 0.3) is 0 Å². The highest BCUT2D eigenvalue weighted by molar-refractivity contribution is 5.93. The Morgan fingerprint density at radius 3 is 2.37 bits per heavy atom. The molecule has 0 unspecified atom stereocenters. The first-order valence-electron chi connectivity index (χ1n) is 11.4. The molecule has 4 rings (SSSR count). The van der Waals surface area contributed by atoms with Crippen LogP contribution in [0.4, 0.5) is 23.7 Å². The number of carbonyl (C=O) groups is 2. The maximum Gasteiger partial charge on any atom is 0.416 e. The van der Waals surface area contributed by atoms with E-state index in [2.05, 4.69) is 5.32 Å².